The topological polar surface area (TPSA) is 26.0 Å². The number of halogens is 1. The average Bonchev–Trinajstić information content (AvgIpc) is 2.43. The largest absolute Gasteiger partial charge is 0.323 e. The van der Waals surface area contributed by atoms with E-state index >= 15 is 0 Å². The summed E-state index contributed by atoms with van der Waals surface area (Å²) in [6.45, 7) is 4.23. The molecule has 106 valence electrons. The third-order valence-corrected chi connectivity index (χ3v) is 4.70. The molecule has 1 unspecified atom stereocenters. The maximum atomic E-state index is 6.31. The van der Waals surface area contributed by atoms with Crippen LogP contribution in [0, 0.1) is 13.8 Å². The summed E-state index contributed by atoms with van der Waals surface area (Å²) in [4.78, 5) is 0. The van der Waals surface area contributed by atoms with Crippen LogP contribution >= 0.6 is 23.4 Å². The lowest BCUT2D eigenvalue weighted by molar-refractivity contribution is 0.821. The van der Waals surface area contributed by atoms with Gasteiger partial charge in [-0.05, 0) is 42.7 Å². The van der Waals surface area contributed by atoms with E-state index in [1.165, 1.54) is 22.3 Å². The van der Waals surface area contributed by atoms with Gasteiger partial charge in [0, 0.05) is 22.6 Å². The summed E-state index contributed by atoms with van der Waals surface area (Å²) < 4.78 is 0. The molecule has 0 radical (unpaired) electrons. The number of hydrogen-bond donors (Lipinski definition) is 1. The van der Waals surface area contributed by atoms with E-state index in [1.54, 1.807) is 0 Å². The lowest BCUT2D eigenvalue weighted by Gasteiger charge is -2.15. The van der Waals surface area contributed by atoms with Gasteiger partial charge in [-0.15, -0.1) is 0 Å². The third kappa shape index (κ3) is 4.27. The molecule has 2 aromatic rings. The molecule has 0 spiro atoms. The molecule has 2 N–H and O–H groups in total. The van der Waals surface area contributed by atoms with Gasteiger partial charge in [-0.3, -0.25) is 0 Å². The zero-order valence-electron chi connectivity index (χ0n) is 11.9. The highest BCUT2D eigenvalue weighted by molar-refractivity contribution is 7.98. The van der Waals surface area contributed by atoms with Gasteiger partial charge in [0.1, 0.15) is 0 Å². The van der Waals surface area contributed by atoms with Gasteiger partial charge < -0.3 is 5.73 Å². The van der Waals surface area contributed by atoms with Crippen LogP contribution in [-0.2, 0) is 5.75 Å². The lowest BCUT2D eigenvalue weighted by atomic mass is 10.0. The fourth-order valence-electron chi connectivity index (χ4n) is 2.13. The molecule has 0 saturated heterocycles. The molecule has 3 heteroatoms. The van der Waals surface area contributed by atoms with Crippen molar-refractivity contribution in [1.29, 1.82) is 0 Å². The number of aryl methyl sites for hydroxylation is 2. The van der Waals surface area contributed by atoms with E-state index in [-0.39, 0.29) is 6.04 Å². The van der Waals surface area contributed by atoms with E-state index in [0.717, 1.165) is 16.5 Å². The minimum atomic E-state index is 0.0900. The van der Waals surface area contributed by atoms with Gasteiger partial charge in [0.15, 0.2) is 0 Å². The number of hydrogen-bond acceptors (Lipinski definition) is 2. The van der Waals surface area contributed by atoms with E-state index in [9.17, 15) is 0 Å². The Morgan fingerprint density at radius 3 is 2.50 bits per heavy atom. The first-order chi connectivity index (χ1) is 9.56. The second-order valence-electron chi connectivity index (χ2n) is 5.11. The molecule has 0 saturated carbocycles. The molecule has 2 aromatic carbocycles. The van der Waals surface area contributed by atoms with Crippen LogP contribution in [0.25, 0.3) is 0 Å². The monoisotopic (exact) mass is 305 g/mol. The van der Waals surface area contributed by atoms with Crippen molar-refractivity contribution in [3.63, 3.8) is 0 Å². The Morgan fingerprint density at radius 2 is 1.80 bits per heavy atom. The van der Waals surface area contributed by atoms with Crippen molar-refractivity contribution >= 4 is 23.4 Å². The van der Waals surface area contributed by atoms with Crippen LogP contribution in [0.15, 0.2) is 42.5 Å². The molecule has 0 bridgehead atoms. The van der Waals surface area contributed by atoms with Crippen molar-refractivity contribution in [1.82, 2.24) is 0 Å². The van der Waals surface area contributed by atoms with Crippen LogP contribution in [0.2, 0.25) is 5.02 Å². The Morgan fingerprint density at radius 1 is 1.10 bits per heavy atom. The molecule has 0 fully saturated rings. The summed E-state index contributed by atoms with van der Waals surface area (Å²) in [7, 11) is 0. The first-order valence-electron chi connectivity index (χ1n) is 6.71. The van der Waals surface area contributed by atoms with Crippen molar-refractivity contribution in [2.75, 3.05) is 5.75 Å². The van der Waals surface area contributed by atoms with Crippen LogP contribution in [-0.4, -0.2) is 5.75 Å². The van der Waals surface area contributed by atoms with Gasteiger partial charge in [0.2, 0.25) is 0 Å². The fraction of sp³-hybridized carbons (Fsp3) is 0.294. The second-order valence-corrected chi connectivity index (χ2v) is 6.57. The quantitative estimate of drug-likeness (QED) is 0.851. The summed E-state index contributed by atoms with van der Waals surface area (Å²) in [5.41, 5.74) is 11.4. The van der Waals surface area contributed by atoms with E-state index < -0.39 is 0 Å². The Bertz CT molecular complexity index is 566. The third-order valence-electron chi connectivity index (χ3n) is 3.31. The molecule has 0 aliphatic heterocycles. The summed E-state index contributed by atoms with van der Waals surface area (Å²) in [6, 6.07) is 14.6. The smallest absolute Gasteiger partial charge is 0.0406 e. The summed E-state index contributed by atoms with van der Waals surface area (Å²) in [5.74, 6) is 1.89. The number of rotatable bonds is 5. The van der Waals surface area contributed by atoms with Crippen LogP contribution < -0.4 is 5.73 Å². The number of benzene rings is 2. The minimum Gasteiger partial charge on any atom is -0.323 e. The maximum absolute atomic E-state index is 6.31. The van der Waals surface area contributed by atoms with Crippen molar-refractivity contribution in [3.05, 3.63) is 69.7 Å². The first kappa shape index (κ1) is 15.4. The van der Waals surface area contributed by atoms with Gasteiger partial charge in [0.05, 0.1) is 0 Å². The summed E-state index contributed by atoms with van der Waals surface area (Å²) >= 11 is 7.74. The highest BCUT2D eigenvalue weighted by atomic mass is 35.5. The number of nitrogens with two attached hydrogens (primary N) is 1. The zero-order chi connectivity index (χ0) is 14.5. The Hall–Kier alpha value is -0.960. The van der Waals surface area contributed by atoms with Gasteiger partial charge in [-0.2, -0.15) is 11.8 Å². The first-order valence-corrected chi connectivity index (χ1v) is 8.24. The van der Waals surface area contributed by atoms with Gasteiger partial charge in [0.25, 0.3) is 0 Å². The summed E-state index contributed by atoms with van der Waals surface area (Å²) in [5, 5.41) is 0.783. The Labute approximate surface area is 130 Å². The molecule has 20 heavy (non-hydrogen) atoms. The average molecular weight is 306 g/mol. The van der Waals surface area contributed by atoms with Crippen LogP contribution in [0.4, 0.5) is 0 Å². The highest BCUT2D eigenvalue weighted by Crippen LogP contribution is 2.23. The van der Waals surface area contributed by atoms with Gasteiger partial charge >= 0.3 is 0 Å². The molecule has 0 amide bonds. The van der Waals surface area contributed by atoms with Crippen LogP contribution in [0.1, 0.15) is 28.3 Å². The molecule has 0 aliphatic rings. The van der Waals surface area contributed by atoms with Crippen molar-refractivity contribution in [2.45, 2.75) is 25.6 Å². The molecule has 0 aliphatic carbocycles. The standard InChI is InChI=1S/C17H20ClNS/c1-12-3-4-13(2)16(9-12)17(19)11-20-10-14-5-7-15(18)8-6-14/h3-9,17H,10-11,19H2,1-2H3. The van der Waals surface area contributed by atoms with E-state index in [1.807, 2.05) is 23.9 Å². The maximum Gasteiger partial charge on any atom is 0.0406 e. The molecular formula is C17H20ClNS. The van der Waals surface area contributed by atoms with Gasteiger partial charge in [-0.1, -0.05) is 47.5 Å². The van der Waals surface area contributed by atoms with E-state index in [0.29, 0.717) is 0 Å². The highest BCUT2D eigenvalue weighted by Gasteiger charge is 2.09. The fourth-order valence-corrected chi connectivity index (χ4v) is 3.24. The Balaban J connectivity index is 1.90. The molecule has 2 rings (SSSR count). The Kier molecular flexibility index (Phi) is 5.53. The molecular weight excluding hydrogens is 286 g/mol. The normalized spacial score (nSPS) is 12.4. The van der Waals surface area contributed by atoms with Crippen molar-refractivity contribution in [3.8, 4) is 0 Å². The second kappa shape index (κ2) is 7.16. The van der Waals surface area contributed by atoms with Crippen LogP contribution in [0.3, 0.4) is 0 Å². The van der Waals surface area contributed by atoms with E-state index in [2.05, 4.69) is 44.2 Å². The zero-order valence-corrected chi connectivity index (χ0v) is 13.5. The van der Waals surface area contributed by atoms with Gasteiger partial charge in [-0.25, -0.2) is 0 Å². The number of thioether (sulfide) groups is 1. The molecule has 0 aromatic heterocycles. The predicted molar refractivity (Wildman–Crippen MR) is 90.5 cm³/mol. The molecule has 1 atom stereocenters. The van der Waals surface area contributed by atoms with Crippen molar-refractivity contribution < 1.29 is 0 Å². The predicted octanol–water partition coefficient (Wildman–Crippen LogP) is 4.89. The summed E-state index contributed by atoms with van der Waals surface area (Å²) in [6.07, 6.45) is 0. The van der Waals surface area contributed by atoms with E-state index in [4.69, 9.17) is 17.3 Å². The molecule has 1 nitrogen and oxygen atoms in total. The van der Waals surface area contributed by atoms with Crippen LogP contribution in [0.5, 0.6) is 0 Å². The molecule has 0 heterocycles. The minimum absolute atomic E-state index is 0.0900. The SMILES string of the molecule is Cc1ccc(C)c(C(N)CSCc2ccc(Cl)cc2)c1. The van der Waals surface area contributed by atoms with Crippen molar-refractivity contribution in [2.24, 2.45) is 5.73 Å². The lowest BCUT2D eigenvalue weighted by Crippen LogP contribution is -2.14.